The maximum absolute atomic E-state index is 12.2. The first-order valence-corrected chi connectivity index (χ1v) is 6.73. The summed E-state index contributed by atoms with van der Waals surface area (Å²) in [6.45, 7) is 0. The molecular formula is C10H6Cl2N2O2S. The quantitative estimate of drug-likeness (QED) is 0.852. The molecule has 0 unspecified atom stereocenters. The third-order valence-electron chi connectivity index (χ3n) is 1.96. The third kappa shape index (κ3) is 2.26. The second kappa shape index (κ2) is 4.60. The first-order chi connectivity index (χ1) is 8.03. The smallest absolute Gasteiger partial charge is 0.243 e. The average Bonchev–Trinajstić information content (AvgIpc) is 2.29. The van der Waals surface area contributed by atoms with E-state index < -0.39 is 9.84 Å². The second-order valence-electron chi connectivity index (χ2n) is 3.08. The highest BCUT2D eigenvalue weighted by molar-refractivity contribution is 7.91. The normalized spacial score (nSPS) is 11.4. The van der Waals surface area contributed by atoms with Gasteiger partial charge in [0.1, 0.15) is 0 Å². The van der Waals surface area contributed by atoms with Gasteiger partial charge in [-0.2, -0.15) is 0 Å². The summed E-state index contributed by atoms with van der Waals surface area (Å²) in [7, 11) is -3.89. The van der Waals surface area contributed by atoms with Crippen molar-refractivity contribution in [3.63, 3.8) is 0 Å². The molecule has 0 aromatic carbocycles. The van der Waals surface area contributed by atoms with E-state index >= 15 is 0 Å². The molecule has 0 N–H and O–H groups in total. The van der Waals surface area contributed by atoms with Crippen LogP contribution in [0.2, 0.25) is 10.0 Å². The maximum Gasteiger partial charge on any atom is 0.244 e. The molecule has 88 valence electrons. The van der Waals surface area contributed by atoms with E-state index in [1.165, 1.54) is 24.5 Å². The third-order valence-corrected chi connectivity index (χ3v) is 4.46. The molecule has 2 heterocycles. The molecule has 2 rings (SSSR count). The molecule has 2 aromatic heterocycles. The fourth-order valence-corrected chi connectivity index (χ4v) is 3.31. The van der Waals surface area contributed by atoms with Crippen molar-refractivity contribution in [2.45, 2.75) is 10.1 Å². The lowest BCUT2D eigenvalue weighted by molar-refractivity contribution is 0.589. The van der Waals surface area contributed by atoms with Gasteiger partial charge in [-0.3, -0.25) is 0 Å². The summed E-state index contributed by atoms with van der Waals surface area (Å²) in [6, 6.07) is 5.97. The molecule has 2 aromatic rings. The summed E-state index contributed by atoms with van der Waals surface area (Å²) in [6.07, 6.45) is 2.69. The van der Waals surface area contributed by atoms with E-state index in [1.807, 2.05) is 0 Å². The zero-order chi connectivity index (χ0) is 12.5. The second-order valence-corrected chi connectivity index (χ2v) is 5.68. The lowest BCUT2D eigenvalue weighted by Gasteiger charge is -2.05. The molecule has 0 aliphatic rings. The number of sulfone groups is 1. The van der Waals surface area contributed by atoms with E-state index in [2.05, 4.69) is 9.97 Å². The zero-order valence-corrected chi connectivity index (χ0v) is 10.7. The molecule has 0 radical (unpaired) electrons. The van der Waals surface area contributed by atoms with Gasteiger partial charge in [-0.1, -0.05) is 23.2 Å². The molecule has 0 aliphatic heterocycles. The predicted octanol–water partition coefficient (Wildman–Crippen LogP) is 2.62. The Morgan fingerprint density at radius 1 is 0.882 bits per heavy atom. The number of halogens is 2. The number of nitrogens with zero attached hydrogens (tertiary/aromatic N) is 2. The van der Waals surface area contributed by atoms with Crippen molar-refractivity contribution in [3.8, 4) is 0 Å². The van der Waals surface area contributed by atoms with Gasteiger partial charge in [-0.15, -0.1) is 0 Å². The lowest BCUT2D eigenvalue weighted by atomic mass is 10.5. The van der Waals surface area contributed by atoms with E-state index in [9.17, 15) is 8.42 Å². The SMILES string of the molecule is O=S(=O)(c1ncccc1Cl)c1ncccc1Cl. The van der Waals surface area contributed by atoms with E-state index in [0.717, 1.165) is 0 Å². The molecule has 0 aliphatic carbocycles. The zero-order valence-electron chi connectivity index (χ0n) is 8.34. The lowest BCUT2D eigenvalue weighted by Crippen LogP contribution is -2.07. The van der Waals surface area contributed by atoms with Crippen molar-refractivity contribution in [2.75, 3.05) is 0 Å². The van der Waals surface area contributed by atoms with Crippen LogP contribution in [0, 0.1) is 0 Å². The van der Waals surface area contributed by atoms with Gasteiger partial charge in [0, 0.05) is 12.4 Å². The van der Waals surface area contributed by atoms with Crippen molar-refractivity contribution in [1.82, 2.24) is 9.97 Å². The Balaban J connectivity index is 2.67. The molecular weight excluding hydrogens is 283 g/mol. The molecule has 0 bridgehead atoms. The van der Waals surface area contributed by atoms with Gasteiger partial charge < -0.3 is 0 Å². The Bertz CT molecular complexity index is 607. The number of rotatable bonds is 2. The Morgan fingerprint density at radius 2 is 1.29 bits per heavy atom. The monoisotopic (exact) mass is 288 g/mol. The van der Waals surface area contributed by atoms with E-state index in [4.69, 9.17) is 23.2 Å². The fraction of sp³-hybridized carbons (Fsp3) is 0. The molecule has 0 spiro atoms. The molecule has 0 saturated carbocycles. The topological polar surface area (TPSA) is 59.9 Å². The van der Waals surface area contributed by atoms with E-state index in [0.29, 0.717) is 0 Å². The summed E-state index contributed by atoms with van der Waals surface area (Å²) in [4.78, 5) is 7.50. The Labute approximate surface area is 108 Å². The molecule has 7 heteroatoms. The van der Waals surface area contributed by atoms with Crippen LogP contribution in [0.5, 0.6) is 0 Å². The van der Waals surface area contributed by atoms with Crippen molar-refractivity contribution in [2.24, 2.45) is 0 Å². The largest absolute Gasteiger partial charge is 0.244 e. The van der Waals surface area contributed by atoms with Crippen molar-refractivity contribution in [3.05, 3.63) is 46.7 Å². The van der Waals surface area contributed by atoms with Crippen molar-refractivity contribution >= 4 is 33.0 Å². The molecule has 17 heavy (non-hydrogen) atoms. The number of pyridine rings is 2. The van der Waals surface area contributed by atoms with Gasteiger partial charge >= 0.3 is 0 Å². The van der Waals surface area contributed by atoms with E-state index in [-0.39, 0.29) is 20.1 Å². The highest BCUT2D eigenvalue weighted by atomic mass is 35.5. The van der Waals surface area contributed by atoms with Gasteiger partial charge in [0.15, 0.2) is 10.1 Å². The molecule has 0 atom stereocenters. The fourth-order valence-electron chi connectivity index (χ4n) is 1.23. The minimum atomic E-state index is -3.89. The Hall–Kier alpha value is -1.17. The minimum Gasteiger partial charge on any atom is -0.243 e. The minimum absolute atomic E-state index is 0.0363. The maximum atomic E-state index is 12.2. The number of aromatic nitrogens is 2. The molecule has 0 amide bonds. The molecule has 0 saturated heterocycles. The van der Waals surface area contributed by atoms with Gasteiger partial charge in [-0.05, 0) is 24.3 Å². The van der Waals surface area contributed by atoms with Crippen LogP contribution in [0.15, 0.2) is 46.7 Å². The van der Waals surface area contributed by atoms with Gasteiger partial charge in [0.2, 0.25) is 9.84 Å². The van der Waals surface area contributed by atoms with Gasteiger partial charge in [0.05, 0.1) is 10.0 Å². The summed E-state index contributed by atoms with van der Waals surface area (Å²) in [5.41, 5.74) is 0. The van der Waals surface area contributed by atoms with Gasteiger partial charge in [0.25, 0.3) is 0 Å². The van der Waals surface area contributed by atoms with Crippen LogP contribution in [-0.2, 0) is 9.84 Å². The summed E-state index contributed by atoms with van der Waals surface area (Å²) in [5, 5.41) is -0.423. The standard InChI is InChI=1S/C10H6Cl2N2O2S/c11-7-3-1-5-13-9(7)17(15,16)10-8(12)4-2-6-14-10/h1-6H. The predicted molar refractivity (Wildman–Crippen MR) is 63.9 cm³/mol. The first-order valence-electron chi connectivity index (χ1n) is 4.49. The Kier molecular flexibility index (Phi) is 3.33. The summed E-state index contributed by atoms with van der Waals surface area (Å²) >= 11 is 11.6. The van der Waals surface area contributed by atoms with Crippen LogP contribution >= 0.6 is 23.2 Å². The molecule has 0 fully saturated rings. The van der Waals surface area contributed by atoms with Crippen LogP contribution in [0.1, 0.15) is 0 Å². The van der Waals surface area contributed by atoms with Crippen molar-refractivity contribution < 1.29 is 8.42 Å². The number of hydrogen-bond acceptors (Lipinski definition) is 4. The average molecular weight is 289 g/mol. The van der Waals surface area contributed by atoms with Crippen LogP contribution in [0.4, 0.5) is 0 Å². The van der Waals surface area contributed by atoms with Crippen LogP contribution in [0.25, 0.3) is 0 Å². The highest BCUT2D eigenvalue weighted by Crippen LogP contribution is 2.27. The van der Waals surface area contributed by atoms with Crippen molar-refractivity contribution in [1.29, 1.82) is 0 Å². The van der Waals surface area contributed by atoms with Crippen LogP contribution in [0.3, 0.4) is 0 Å². The Morgan fingerprint density at radius 3 is 1.65 bits per heavy atom. The van der Waals surface area contributed by atoms with E-state index in [1.54, 1.807) is 12.1 Å². The number of hydrogen-bond donors (Lipinski definition) is 0. The van der Waals surface area contributed by atoms with Crippen LogP contribution < -0.4 is 0 Å². The summed E-state index contributed by atoms with van der Waals surface area (Å²) < 4.78 is 24.4. The van der Waals surface area contributed by atoms with Crippen LogP contribution in [-0.4, -0.2) is 18.4 Å². The molecule has 4 nitrogen and oxygen atoms in total. The summed E-state index contributed by atoms with van der Waals surface area (Å²) in [5.74, 6) is 0. The first kappa shape index (κ1) is 12.3. The highest BCUT2D eigenvalue weighted by Gasteiger charge is 2.25. The van der Waals surface area contributed by atoms with Gasteiger partial charge in [-0.25, -0.2) is 18.4 Å².